The second-order valence-electron chi connectivity index (χ2n) is 20.1. The number of rotatable bonds is 20. The van der Waals surface area contributed by atoms with Gasteiger partial charge in [-0.15, -0.1) is 0 Å². The molecule has 0 aromatic rings. The van der Waals surface area contributed by atoms with E-state index in [2.05, 4.69) is 0 Å². The first kappa shape index (κ1) is 69.6. The highest BCUT2D eigenvalue weighted by Crippen LogP contribution is 2.36. The van der Waals surface area contributed by atoms with Crippen molar-refractivity contribution in [1.29, 1.82) is 0 Å². The zero-order valence-electron chi connectivity index (χ0n) is 44.1. The Balaban J connectivity index is 0.000000280. The molecular weight excluding hydrogens is 1130 g/mol. The quantitative estimate of drug-likeness (QED) is 0.0538. The van der Waals surface area contributed by atoms with Gasteiger partial charge in [0.25, 0.3) is 0 Å². The van der Waals surface area contributed by atoms with E-state index in [1.807, 2.05) is 0 Å². The van der Waals surface area contributed by atoms with Gasteiger partial charge >= 0.3 is 0 Å². The summed E-state index contributed by atoms with van der Waals surface area (Å²) in [6, 6.07) is 0. The van der Waals surface area contributed by atoms with Crippen LogP contribution in [0, 0.1) is 0 Å². The first-order valence-electron chi connectivity index (χ1n) is 25.9. The van der Waals surface area contributed by atoms with Gasteiger partial charge in [0.05, 0.1) is 46.2 Å². The molecule has 37 heteroatoms. The van der Waals surface area contributed by atoms with Gasteiger partial charge in [0.1, 0.15) is 171 Å². The molecule has 0 bridgehead atoms. The number of methoxy groups -OCH3 is 3. The number of aliphatic hydroxyl groups excluding tert-OH is 22. The monoisotopic (exact) mass is 1210 g/mol. The first-order chi connectivity index (χ1) is 38.9. The van der Waals surface area contributed by atoms with Crippen LogP contribution in [0.1, 0.15) is 0 Å². The fraction of sp³-hybridized carbons (Fsp3) is 1.00. The average molecular weight is 1210 g/mol. The van der Waals surface area contributed by atoms with Crippen molar-refractivity contribution < 1.29 is 183 Å². The summed E-state index contributed by atoms with van der Waals surface area (Å²) in [5, 5.41) is 224. The highest BCUT2D eigenvalue weighted by molar-refractivity contribution is 4.99. The maximum atomic E-state index is 11.3. The Labute approximate surface area is 465 Å². The molecule has 7 aliphatic rings. The summed E-state index contributed by atoms with van der Waals surface area (Å²) in [6.07, 6.45) is -56.4. The molecule has 0 spiro atoms. The minimum atomic E-state index is -1.99. The van der Waals surface area contributed by atoms with E-state index in [1.165, 1.54) is 21.3 Å². The standard InChI is InChI=1S/C27H48O21.C18H32O16/c1-39-20-8(4-28)44-25(17(36)12(20)31)42-7-11-23(48-26-18(37)13(32)21(40-2)9(5-29)45-26)15(34)19(38)27(46-11)47-22-10(6-30)43-24(41-3)16(35)14(22)33;19-1-4-7(22)8(23)12(27)17(31-4)34-15-6(3-21)32-18(13(28)10(15)25)33-14-5(2-20)30-16(29)11(26)9(14)24/h8-38H,4-7H2,1-3H3;4-29H,1-3H2/t8?,9?,10?,11?,12-,13-,14-,15-,16?,17?,18?,19?,20-,21-,22-,23-,24+,25+,26-,27-;4?,5?,6?,7-,8-,9+,10+,11?,12?,13?,14-,15+,16+,17-,18-/m11/s1. The highest BCUT2D eigenvalue weighted by atomic mass is 16.8. The lowest BCUT2D eigenvalue weighted by atomic mass is 9.96. The molecule has 0 aromatic carbocycles. The van der Waals surface area contributed by atoms with Crippen LogP contribution in [0.3, 0.4) is 0 Å². The molecule has 7 saturated heterocycles. The van der Waals surface area contributed by atoms with Crippen LogP contribution in [0.2, 0.25) is 0 Å². The number of aliphatic hydroxyl groups is 22. The summed E-state index contributed by atoms with van der Waals surface area (Å²) in [6.45, 7) is -5.03. The zero-order chi connectivity index (χ0) is 60.8. The van der Waals surface area contributed by atoms with Gasteiger partial charge in [-0.25, -0.2) is 0 Å². The van der Waals surface area contributed by atoms with Crippen LogP contribution in [0.4, 0.5) is 0 Å². The van der Waals surface area contributed by atoms with Crippen LogP contribution in [0.25, 0.3) is 0 Å². The summed E-state index contributed by atoms with van der Waals surface area (Å²) in [4.78, 5) is 0. The Bertz CT molecular complexity index is 1840. The summed E-state index contributed by atoms with van der Waals surface area (Å²) in [5.74, 6) is 0. The fourth-order valence-electron chi connectivity index (χ4n) is 10.2. The predicted molar refractivity (Wildman–Crippen MR) is 250 cm³/mol. The normalized spacial score (nSPS) is 51.3. The Morgan fingerprint density at radius 1 is 0.244 bits per heavy atom. The Hall–Kier alpha value is -1.48. The van der Waals surface area contributed by atoms with Gasteiger partial charge in [0.2, 0.25) is 0 Å². The molecule has 0 radical (unpaired) electrons. The lowest BCUT2D eigenvalue weighted by Gasteiger charge is -2.48. The van der Waals surface area contributed by atoms with E-state index in [0.29, 0.717) is 0 Å². The molecule has 14 unspecified atom stereocenters. The van der Waals surface area contributed by atoms with Crippen LogP contribution in [0.15, 0.2) is 0 Å². The largest absolute Gasteiger partial charge is 0.394 e. The number of ether oxygens (including phenoxy) is 15. The van der Waals surface area contributed by atoms with Crippen molar-refractivity contribution in [2.24, 2.45) is 0 Å². The molecule has 0 aromatic heterocycles. The fourth-order valence-corrected chi connectivity index (χ4v) is 10.2. The van der Waals surface area contributed by atoms with E-state index in [1.54, 1.807) is 0 Å². The van der Waals surface area contributed by atoms with E-state index >= 15 is 0 Å². The van der Waals surface area contributed by atoms with Crippen molar-refractivity contribution in [3.05, 3.63) is 0 Å². The van der Waals surface area contributed by atoms with Gasteiger partial charge in [-0.1, -0.05) is 0 Å². The average Bonchev–Trinajstić information content (AvgIpc) is 3.64. The van der Waals surface area contributed by atoms with Crippen LogP contribution >= 0.6 is 0 Å². The molecule has 0 amide bonds. The van der Waals surface area contributed by atoms with Crippen LogP contribution in [0.5, 0.6) is 0 Å². The van der Waals surface area contributed by atoms with Crippen molar-refractivity contribution in [3.8, 4) is 0 Å². The van der Waals surface area contributed by atoms with Crippen molar-refractivity contribution >= 4 is 0 Å². The van der Waals surface area contributed by atoms with Gasteiger partial charge in [-0.3, -0.25) is 0 Å². The van der Waals surface area contributed by atoms with Crippen molar-refractivity contribution in [2.75, 3.05) is 67.6 Å². The predicted octanol–water partition coefficient (Wildman–Crippen LogP) is -15.4. The van der Waals surface area contributed by atoms with Gasteiger partial charge in [0, 0.05) is 21.3 Å². The third kappa shape index (κ3) is 15.0. The number of hydrogen-bond donors (Lipinski definition) is 22. The number of hydrogen-bond acceptors (Lipinski definition) is 37. The minimum Gasteiger partial charge on any atom is -0.394 e. The Morgan fingerprint density at radius 3 is 0.890 bits per heavy atom. The van der Waals surface area contributed by atoms with E-state index in [4.69, 9.17) is 71.1 Å². The van der Waals surface area contributed by atoms with Crippen molar-refractivity contribution in [1.82, 2.24) is 0 Å². The van der Waals surface area contributed by atoms with Crippen LogP contribution in [-0.4, -0.2) is 395 Å². The lowest BCUT2D eigenvalue weighted by Crippen LogP contribution is -2.67. The molecule has 7 fully saturated rings. The van der Waals surface area contributed by atoms with E-state index in [9.17, 15) is 112 Å². The highest BCUT2D eigenvalue weighted by Gasteiger charge is 2.57. The second kappa shape index (κ2) is 31.1. The van der Waals surface area contributed by atoms with E-state index < -0.39 is 261 Å². The summed E-state index contributed by atoms with van der Waals surface area (Å²) >= 11 is 0. The molecule has 0 aliphatic carbocycles. The minimum absolute atomic E-state index is 0.629. The van der Waals surface area contributed by atoms with Gasteiger partial charge in [-0.2, -0.15) is 0 Å². The van der Waals surface area contributed by atoms with Crippen molar-refractivity contribution in [3.63, 3.8) is 0 Å². The summed E-state index contributed by atoms with van der Waals surface area (Å²) in [7, 11) is 3.65. The molecule has 7 rings (SSSR count). The molecule has 22 N–H and O–H groups in total. The van der Waals surface area contributed by atoms with E-state index in [0.717, 1.165) is 0 Å². The summed E-state index contributed by atoms with van der Waals surface area (Å²) in [5.41, 5.74) is 0. The molecule has 35 atom stereocenters. The molecule has 7 heterocycles. The lowest BCUT2D eigenvalue weighted by molar-refractivity contribution is -0.384. The maximum Gasteiger partial charge on any atom is 0.187 e. The van der Waals surface area contributed by atoms with E-state index in [-0.39, 0.29) is 0 Å². The third-order valence-electron chi connectivity index (χ3n) is 15.0. The zero-order valence-corrected chi connectivity index (χ0v) is 44.1. The van der Waals surface area contributed by atoms with Gasteiger partial charge < -0.3 is 183 Å². The SMILES string of the molecule is CO[C@H]1OC(CO)[C@@H](O[C@H]2OC(CO[C@H]3OC(CO)[C@@H](OC)[C@H](O)C3O)[C@@H](O[C@H]3OC(CO)[C@@H](OC)[C@H](O)C3O)[C@H](O)C2O)[C@H](O)C1O.OCC1O[C@H](O[C@H]2C(CO)O[C@H](O[C@@H]3C(CO)O[C@H](O)C(O)[C@@H]3O)C(O)[C@@H]2O)C(O)[C@H](O)[C@@H]1O. The van der Waals surface area contributed by atoms with Crippen LogP contribution < -0.4 is 0 Å². The Kier molecular flexibility index (Phi) is 26.4. The summed E-state index contributed by atoms with van der Waals surface area (Å²) < 4.78 is 81.2. The molecule has 482 valence electrons. The van der Waals surface area contributed by atoms with Gasteiger partial charge in [0.15, 0.2) is 44.0 Å². The van der Waals surface area contributed by atoms with Crippen molar-refractivity contribution in [2.45, 2.75) is 215 Å². The third-order valence-corrected chi connectivity index (χ3v) is 15.0. The molecule has 0 saturated carbocycles. The maximum absolute atomic E-state index is 11.3. The Morgan fingerprint density at radius 2 is 0.512 bits per heavy atom. The smallest absolute Gasteiger partial charge is 0.187 e. The molecule has 7 aliphatic heterocycles. The molecular formula is C45H80O37. The first-order valence-corrected chi connectivity index (χ1v) is 25.9. The second-order valence-corrected chi connectivity index (χ2v) is 20.1. The molecule has 37 nitrogen and oxygen atoms in total. The molecule has 82 heavy (non-hydrogen) atoms. The van der Waals surface area contributed by atoms with Crippen LogP contribution in [-0.2, 0) is 71.1 Å². The van der Waals surface area contributed by atoms with Gasteiger partial charge in [-0.05, 0) is 0 Å². The topological polar surface area (TPSA) is 584 Å².